The number of hydrogen-bond donors (Lipinski definition) is 1. The van der Waals surface area contributed by atoms with Crippen molar-refractivity contribution in [1.29, 1.82) is 0 Å². The van der Waals surface area contributed by atoms with Crippen LogP contribution in [0.1, 0.15) is 50.4 Å². The Kier molecular flexibility index (Phi) is 5.48. The molecule has 0 bridgehead atoms. The summed E-state index contributed by atoms with van der Waals surface area (Å²) in [5, 5.41) is 3.28. The van der Waals surface area contributed by atoms with Crippen molar-refractivity contribution < 1.29 is 9.53 Å². The second-order valence-electron chi connectivity index (χ2n) is 5.76. The highest BCUT2D eigenvalue weighted by molar-refractivity contribution is 5.99. The molecule has 4 nitrogen and oxygen atoms in total. The minimum absolute atomic E-state index is 0.0710. The molecule has 0 aliphatic carbocycles. The molecule has 1 amide bonds. The van der Waals surface area contributed by atoms with E-state index in [1.807, 2.05) is 23.1 Å². The van der Waals surface area contributed by atoms with Gasteiger partial charge >= 0.3 is 0 Å². The normalized spacial score (nSPS) is 13.3. The molecule has 0 fully saturated rings. The summed E-state index contributed by atoms with van der Waals surface area (Å²) in [4.78, 5) is 14.8. The second-order valence-corrected chi connectivity index (χ2v) is 5.76. The highest BCUT2D eigenvalue weighted by atomic mass is 16.5. The number of hydrogen-bond acceptors (Lipinski definition) is 3. The maximum Gasteiger partial charge on any atom is 0.257 e. The third-order valence-electron chi connectivity index (χ3n) is 3.80. The van der Waals surface area contributed by atoms with E-state index in [0.29, 0.717) is 17.9 Å². The van der Waals surface area contributed by atoms with Gasteiger partial charge in [0.1, 0.15) is 6.61 Å². The van der Waals surface area contributed by atoms with Crippen LogP contribution in [0.4, 0.5) is 5.69 Å². The van der Waals surface area contributed by atoms with Crippen LogP contribution in [0, 0.1) is 0 Å². The number of carbonyl (C=O) groups excluding carboxylic acids is 1. The number of unbranched alkanes of at least 4 members (excludes halogenated alkanes) is 2. The number of amides is 1. The molecule has 0 aromatic heterocycles. The van der Waals surface area contributed by atoms with Gasteiger partial charge in [-0.1, -0.05) is 25.8 Å². The van der Waals surface area contributed by atoms with E-state index in [4.69, 9.17) is 4.74 Å². The Morgan fingerprint density at radius 1 is 1.38 bits per heavy atom. The summed E-state index contributed by atoms with van der Waals surface area (Å²) < 4.78 is 5.72. The Morgan fingerprint density at radius 3 is 2.90 bits per heavy atom. The fourth-order valence-corrected chi connectivity index (χ4v) is 2.62. The van der Waals surface area contributed by atoms with E-state index in [2.05, 4.69) is 26.1 Å². The third-order valence-corrected chi connectivity index (χ3v) is 3.80. The number of para-hydroxylation sites is 1. The van der Waals surface area contributed by atoms with E-state index >= 15 is 0 Å². The quantitative estimate of drug-likeness (QED) is 0.815. The smallest absolute Gasteiger partial charge is 0.257 e. The van der Waals surface area contributed by atoms with Crippen LogP contribution in [0.2, 0.25) is 0 Å². The average molecular weight is 290 g/mol. The van der Waals surface area contributed by atoms with E-state index < -0.39 is 0 Å². The lowest BCUT2D eigenvalue weighted by Gasteiger charge is -2.29. The van der Waals surface area contributed by atoms with Crippen LogP contribution in [-0.4, -0.2) is 36.5 Å². The first-order chi connectivity index (χ1) is 10.1. The Balaban J connectivity index is 2.20. The molecule has 1 N–H and O–H groups in total. The molecule has 0 unspecified atom stereocenters. The number of fused-ring (bicyclic) bond motifs is 1. The first-order valence-electron chi connectivity index (χ1n) is 7.95. The molecule has 4 heteroatoms. The number of nitrogens with one attached hydrogen (secondary N) is 1. The lowest BCUT2D eigenvalue weighted by molar-refractivity contribution is 0.0698. The van der Waals surface area contributed by atoms with Crippen LogP contribution in [0.5, 0.6) is 5.75 Å². The van der Waals surface area contributed by atoms with Crippen molar-refractivity contribution in [3.63, 3.8) is 0 Å². The number of carbonyl (C=O) groups is 1. The summed E-state index contributed by atoms with van der Waals surface area (Å²) in [6.07, 6.45) is 3.36. The molecule has 0 saturated carbocycles. The zero-order valence-electron chi connectivity index (χ0n) is 13.3. The summed E-state index contributed by atoms with van der Waals surface area (Å²) >= 11 is 0. The van der Waals surface area contributed by atoms with Crippen LogP contribution < -0.4 is 10.1 Å². The van der Waals surface area contributed by atoms with Crippen molar-refractivity contribution in [2.24, 2.45) is 0 Å². The molecule has 1 aromatic carbocycles. The lowest BCUT2D eigenvalue weighted by Crippen LogP contribution is -2.38. The van der Waals surface area contributed by atoms with E-state index in [1.165, 1.54) is 0 Å². The topological polar surface area (TPSA) is 41.6 Å². The zero-order valence-corrected chi connectivity index (χ0v) is 13.3. The van der Waals surface area contributed by atoms with Gasteiger partial charge in [0.15, 0.2) is 5.75 Å². The van der Waals surface area contributed by atoms with Crippen molar-refractivity contribution in [3.05, 3.63) is 23.8 Å². The average Bonchev–Trinajstić information content (AvgIpc) is 2.50. The van der Waals surface area contributed by atoms with Gasteiger partial charge in [-0.15, -0.1) is 0 Å². The number of ether oxygens (including phenoxy) is 1. The first-order valence-corrected chi connectivity index (χ1v) is 7.95. The highest BCUT2D eigenvalue weighted by Crippen LogP contribution is 2.32. The lowest BCUT2D eigenvalue weighted by atomic mass is 10.1. The Bertz CT molecular complexity index is 486. The maximum atomic E-state index is 12.9. The Morgan fingerprint density at radius 2 is 2.19 bits per heavy atom. The van der Waals surface area contributed by atoms with Gasteiger partial charge in [-0.2, -0.15) is 0 Å². The van der Waals surface area contributed by atoms with Gasteiger partial charge in [-0.25, -0.2) is 0 Å². The summed E-state index contributed by atoms with van der Waals surface area (Å²) in [6, 6.07) is 5.94. The SMILES string of the molecule is CCCCCN(C(=O)c1cccc2c1OCCN2)C(C)C. The summed E-state index contributed by atoms with van der Waals surface area (Å²) in [6.45, 7) is 8.51. The predicted molar refractivity (Wildman–Crippen MR) is 86.1 cm³/mol. The largest absolute Gasteiger partial charge is 0.489 e. The molecule has 1 aromatic rings. The number of anilines is 1. The van der Waals surface area contributed by atoms with Gasteiger partial charge in [0.05, 0.1) is 11.3 Å². The van der Waals surface area contributed by atoms with Crippen molar-refractivity contribution in [2.45, 2.75) is 46.1 Å². The Hall–Kier alpha value is -1.71. The monoisotopic (exact) mass is 290 g/mol. The van der Waals surface area contributed by atoms with Gasteiger partial charge in [-0.3, -0.25) is 4.79 Å². The molecular formula is C17H26N2O2. The standard InChI is InChI=1S/C17H26N2O2/c1-4-5-6-11-19(13(2)3)17(20)14-8-7-9-15-16(14)21-12-10-18-15/h7-9,13,18H,4-6,10-12H2,1-3H3. The van der Waals surface area contributed by atoms with Crippen LogP contribution >= 0.6 is 0 Å². The molecule has 0 atom stereocenters. The van der Waals surface area contributed by atoms with Crippen molar-refractivity contribution in [2.75, 3.05) is 25.0 Å². The number of nitrogens with zero attached hydrogens (tertiary/aromatic N) is 1. The van der Waals surface area contributed by atoms with Crippen LogP contribution in [0.25, 0.3) is 0 Å². The summed E-state index contributed by atoms with van der Waals surface area (Å²) in [7, 11) is 0. The van der Waals surface area contributed by atoms with E-state index in [1.54, 1.807) is 0 Å². The molecule has 2 rings (SSSR count). The highest BCUT2D eigenvalue weighted by Gasteiger charge is 2.24. The van der Waals surface area contributed by atoms with Crippen molar-refractivity contribution in [1.82, 2.24) is 4.90 Å². The summed E-state index contributed by atoms with van der Waals surface area (Å²) in [5.74, 6) is 0.775. The van der Waals surface area contributed by atoms with Crippen molar-refractivity contribution >= 4 is 11.6 Å². The molecule has 0 spiro atoms. The van der Waals surface area contributed by atoms with E-state index in [-0.39, 0.29) is 11.9 Å². The molecule has 116 valence electrons. The first kappa shape index (κ1) is 15.7. The van der Waals surface area contributed by atoms with E-state index in [9.17, 15) is 4.79 Å². The second kappa shape index (κ2) is 7.34. The van der Waals surface area contributed by atoms with Crippen LogP contribution in [0.3, 0.4) is 0 Å². The van der Waals surface area contributed by atoms with Gasteiger partial charge in [0.25, 0.3) is 5.91 Å². The molecule has 1 heterocycles. The fourth-order valence-electron chi connectivity index (χ4n) is 2.62. The minimum Gasteiger partial charge on any atom is -0.489 e. The molecular weight excluding hydrogens is 264 g/mol. The van der Waals surface area contributed by atoms with E-state index in [0.717, 1.165) is 38.0 Å². The van der Waals surface area contributed by atoms with Gasteiger partial charge in [0, 0.05) is 19.1 Å². The minimum atomic E-state index is 0.0710. The van der Waals surface area contributed by atoms with Gasteiger partial charge < -0.3 is 15.0 Å². The van der Waals surface area contributed by atoms with Crippen molar-refractivity contribution in [3.8, 4) is 5.75 Å². The molecule has 0 radical (unpaired) electrons. The fraction of sp³-hybridized carbons (Fsp3) is 0.588. The molecule has 1 aliphatic rings. The van der Waals surface area contributed by atoms with Gasteiger partial charge in [0.2, 0.25) is 0 Å². The third kappa shape index (κ3) is 3.69. The Labute approximate surface area is 127 Å². The van der Waals surface area contributed by atoms with Gasteiger partial charge in [-0.05, 0) is 32.4 Å². The molecule has 0 saturated heterocycles. The molecule has 1 aliphatic heterocycles. The predicted octanol–water partition coefficient (Wildman–Crippen LogP) is 3.53. The number of rotatable bonds is 6. The maximum absolute atomic E-state index is 12.9. The summed E-state index contributed by atoms with van der Waals surface area (Å²) in [5.41, 5.74) is 1.59. The zero-order chi connectivity index (χ0) is 15.2. The van der Waals surface area contributed by atoms with Crippen LogP contribution in [0.15, 0.2) is 18.2 Å². The molecule has 21 heavy (non-hydrogen) atoms. The number of benzene rings is 1. The van der Waals surface area contributed by atoms with Crippen LogP contribution in [-0.2, 0) is 0 Å².